The van der Waals surface area contributed by atoms with E-state index in [0.717, 1.165) is 66.7 Å². The summed E-state index contributed by atoms with van der Waals surface area (Å²) in [7, 11) is 0. The number of phenols is 2. The molecule has 1 aliphatic rings. The van der Waals surface area contributed by atoms with Crippen LogP contribution >= 0.6 is 11.8 Å². The van der Waals surface area contributed by atoms with Crippen LogP contribution in [0, 0.1) is 13.8 Å². The van der Waals surface area contributed by atoms with Crippen molar-refractivity contribution in [3.05, 3.63) is 88.2 Å². The molecular weight excluding hydrogens is 643 g/mol. The van der Waals surface area contributed by atoms with Gasteiger partial charge in [0.25, 0.3) is 0 Å². The van der Waals surface area contributed by atoms with Gasteiger partial charge in [-0.2, -0.15) is 0 Å². The first-order chi connectivity index (χ1) is 23.7. The van der Waals surface area contributed by atoms with Gasteiger partial charge < -0.3 is 26.2 Å². The van der Waals surface area contributed by atoms with Gasteiger partial charge in [-0.3, -0.25) is 4.79 Å². The summed E-state index contributed by atoms with van der Waals surface area (Å²) >= 11 is 1.69. The van der Waals surface area contributed by atoms with Crippen LogP contribution in [0.3, 0.4) is 0 Å². The largest absolute Gasteiger partial charge is 0.508 e. The number of hydrogen-bond donors (Lipinski definition) is 4. The number of benzene rings is 3. The third-order valence-electron chi connectivity index (χ3n) is 9.42. The second kappa shape index (κ2) is 17.2. The van der Waals surface area contributed by atoms with E-state index < -0.39 is 0 Å². The number of carbonyl (C=O) groups is 1. The fourth-order valence-corrected chi connectivity index (χ4v) is 6.98. The molecule has 0 saturated carbocycles. The number of rotatable bonds is 11. The maximum atomic E-state index is 11.1. The Kier molecular flexibility index (Phi) is 13.3. The maximum Gasteiger partial charge on any atom is 0.163 e. The molecule has 3 aromatic carbocycles. The van der Waals surface area contributed by atoms with Crippen molar-refractivity contribution in [2.75, 3.05) is 23.3 Å². The van der Waals surface area contributed by atoms with Gasteiger partial charge in [0.05, 0.1) is 17.5 Å². The van der Waals surface area contributed by atoms with Gasteiger partial charge in [-0.1, -0.05) is 58.0 Å². The molecule has 5 N–H and O–H groups in total. The van der Waals surface area contributed by atoms with Gasteiger partial charge in [-0.05, 0) is 118 Å². The van der Waals surface area contributed by atoms with Crippen molar-refractivity contribution in [1.82, 2.24) is 9.97 Å². The molecule has 0 unspecified atom stereocenters. The third kappa shape index (κ3) is 10.0. The highest BCUT2D eigenvalue weighted by Crippen LogP contribution is 2.36. The van der Waals surface area contributed by atoms with Crippen LogP contribution in [0.5, 0.6) is 11.5 Å². The highest BCUT2D eigenvalue weighted by Gasteiger charge is 2.27. The molecule has 2 heterocycles. The molecule has 1 aliphatic heterocycles. The van der Waals surface area contributed by atoms with E-state index in [1.54, 1.807) is 11.8 Å². The minimum Gasteiger partial charge on any atom is -0.508 e. The molecule has 50 heavy (non-hydrogen) atoms. The highest BCUT2D eigenvalue weighted by atomic mass is 32.2. The molecule has 8 nitrogen and oxygen atoms in total. The van der Waals surface area contributed by atoms with Crippen LogP contribution in [0.4, 0.5) is 17.2 Å². The van der Waals surface area contributed by atoms with Crippen molar-refractivity contribution in [2.45, 2.75) is 115 Å². The Morgan fingerprint density at radius 1 is 1.04 bits per heavy atom. The van der Waals surface area contributed by atoms with Crippen molar-refractivity contribution in [3.63, 3.8) is 0 Å². The molecule has 1 fully saturated rings. The van der Waals surface area contributed by atoms with Crippen LogP contribution in [-0.2, 0) is 12.8 Å². The van der Waals surface area contributed by atoms with Crippen LogP contribution in [-0.4, -0.2) is 44.6 Å². The number of unbranched alkanes of at least 4 members (excludes halogenated alkanes) is 1. The fourth-order valence-electron chi connectivity index (χ4n) is 6.06. The number of nitrogens with one attached hydrogen (secondary N) is 1. The molecule has 4 aromatic rings. The number of ketones is 1. The molecular formula is C41H55N5O3S. The first-order valence-corrected chi connectivity index (χ1v) is 18.6. The first kappa shape index (κ1) is 38.7. The van der Waals surface area contributed by atoms with Gasteiger partial charge >= 0.3 is 0 Å². The molecule has 0 aliphatic carbocycles. The normalized spacial score (nSPS) is 13.9. The van der Waals surface area contributed by atoms with Crippen molar-refractivity contribution in [1.29, 1.82) is 0 Å². The van der Waals surface area contributed by atoms with Crippen LogP contribution in [0.2, 0.25) is 0 Å². The van der Waals surface area contributed by atoms with E-state index in [1.807, 2.05) is 20.0 Å². The Bertz CT molecular complexity index is 1780. The number of anilines is 3. The Morgan fingerprint density at radius 2 is 1.76 bits per heavy atom. The molecule has 1 aromatic heterocycles. The molecule has 9 heteroatoms. The SMILES string of the molecule is CC(=O)c1cc(C(C)C)c(O)cc1O.CCCCc1cc(Nc2cccc(Sc3ncc(N4CCC(C)(N)CC4)nc3C)c2C)ccc1CC. The summed E-state index contributed by atoms with van der Waals surface area (Å²) in [6, 6.07) is 16.0. The zero-order valence-corrected chi connectivity index (χ0v) is 31.9. The third-order valence-corrected chi connectivity index (χ3v) is 10.7. The van der Waals surface area contributed by atoms with Crippen molar-refractivity contribution >= 4 is 34.7 Å². The Morgan fingerprint density at radius 3 is 2.38 bits per heavy atom. The van der Waals surface area contributed by atoms with E-state index in [1.165, 1.54) is 53.5 Å². The van der Waals surface area contributed by atoms with Crippen molar-refractivity contribution in [3.8, 4) is 11.5 Å². The summed E-state index contributed by atoms with van der Waals surface area (Å²) in [6.45, 7) is 17.9. The lowest BCUT2D eigenvalue weighted by atomic mass is 9.91. The number of Topliss-reactive ketones (excluding diaryl/α,β-unsaturated/α-hetero) is 1. The number of carbonyl (C=O) groups excluding carboxylic acids is 1. The average molecular weight is 698 g/mol. The molecule has 268 valence electrons. The van der Waals surface area contributed by atoms with Crippen LogP contribution in [0.25, 0.3) is 0 Å². The van der Waals surface area contributed by atoms with E-state index in [2.05, 4.69) is 81.2 Å². The van der Waals surface area contributed by atoms with Crippen molar-refractivity contribution in [2.24, 2.45) is 5.73 Å². The summed E-state index contributed by atoms with van der Waals surface area (Å²) in [5.41, 5.74) is 14.5. The average Bonchev–Trinajstić information content (AvgIpc) is 3.06. The van der Waals surface area contributed by atoms with Gasteiger partial charge in [0.1, 0.15) is 22.3 Å². The molecule has 0 amide bonds. The molecule has 0 spiro atoms. The number of hydrogen-bond acceptors (Lipinski definition) is 9. The number of nitrogens with two attached hydrogens (primary N) is 1. The maximum absolute atomic E-state index is 11.1. The number of aromatic nitrogens is 2. The Balaban J connectivity index is 0.000000337. The van der Waals surface area contributed by atoms with Crippen molar-refractivity contribution < 1.29 is 15.0 Å². The zero-order valence-electron chi connectivity index (χ0n) is 31.1. The van der Waals surface area contributed by atoms with Gasteiger partial charge in [-0.25, -0.2) is 9.97 Å². The predicted octanol–water partition coefficient (Wildman–Crippen LogP) is 9.63. The number of aromatic hydroxyl groups is 2. The number of nitrogens with zero attached hydrogens (tertiary/aromatic N) is 3. The molecule has 5 rings (SSSR count). The zero-order chi connectivity index (χ0) is 36.6. The predicted molar refractivity (Wildman–Crippen MR) is 208 cm³/mol. The van der Waals surface area contributed by atoms with E-state index >= 15 is 0 Å². The van der Waals surface area contributed by atoms with Crippen LogP contribution in [0.1, 0.15) is 111 Å². The van der Waals surface area contributed by atoms with E-state index in [-0.39, 0.29) is 34.3 Å². The topological polar surface area (TPSA) is 125 Å². The van der Waals surface area contributed by atoms with Gasteiger partial charge in [0.15, 0.2) is 5.78 Å². The molecule has 0 radical (unpaired) electrons. The minimum absolute atomic E-state index is 0.0301. The lowest BCUT2D eigenvalue weighted by Gasteiger charge is -2.37. The highest BCUT2D eigenvalue weighted by molar-refractivity contribution is 7.99. The quantitative estimate of drug-likeness (QED) is 0.113. The molecule has 0 bridgehead atoms. The van der Waals surface area contributed by atoms with E-state index in [0.29, 0.717) is 5.56 Å². The summed E-state index contributed by atoms with van der Waals surface area (Å²) in [6.07, 6.45) is 8.53. The van der Waals surface area contributed by atoms with E-state index in [9.17, 15) is 15.0 Å². The smallest absolute Gasteiger partial charge is 0.163 e. The summed E-state index contributed by atoms with van der Waals surface area (Å²) < 4.78 is 0. The Hall–Kier alpha value is -4.08. The second-order valence-corrected chi connectivity index (χ2v) is 15.0. The second-order valence-electron chi connectivity index (χ2n) is 14.0. The lowest BCUT2D eigenvalue weighted by molar-refractivity contribution is 0.101. The summed E-state index contributed by atoms with van der Waals surface area (Å²) in [5.74, 6) is 0.730. The monoisotopic (exact) mass is 697 g/mol. The summed E-state index contributed by atoms with van der Waals surface area (Å²) in [4.78, 5) is 24.3. The summed E-state index contributed by atoms with van der Waals surface area (Å²) in [5, 5.41) is 23.5. The molecule has 0 atom stereocenters. The van der Waals surface area contributed by atoms with Crippen LogP contribution < -0.4 is 16.0 Å². The van der Waals surface area contributed by atoms with Crippen LogP contribution in [0.15, 0.2) is 64.6 Å². The lowest BCUT2D eigenvalue weighted by Crippen LogP contribution is -2.48. The minimum atomic E-state index is -0.204. The first-order valence-electron chi connectivity index (χ1n) is 17.8. The Labute approximate surface area is 302 Å². The fraction of sp³-hybridized carbons (Fsp3) is 0.439. The number of aryl methyl sites for hydroxylation is 3. The molecule has 1 saturated heterocycles. The van der Waals surface area contributed by atoms with Gasteiger partial charge in [-0.15, -0.1) is 0 Å². The van der Waals surface area contributed by atoms with Gasteiger partial charge in [0.2, 0.25) is 0 Å². The standard InChI is InChI=1S/C30H41N5S.C11H14O3/c1-6-8-10-24-19-25(14-13-23(24)7-2)34-26-11-9-12-27(21(26)3)36-29-22(4)33-28(20-32-29)35-17-15-30(5,31)16-18-35;1-6(2)8-4-9(7(3)12)11(14)5-10(8)13/h9,11-14,19-20,34H,6-8,10,15-18,31H2,1-5H3;4-6,13-14H,1-3H3. The van der Waals surface area contributed by atoms with E-state index in [4.69, 9.17) is 15.7 Å². The number of piperidine rings is 1. The van der Waals surface area contributed by atoms with Gasteiger partial charge in [0, 0.05) is 41.0 Å². The number of phenolic OH excluding ortho intramolecular Hbond substituents is 2.